The Morgan fingerprint density at radius 3 is 2.46 bits per heavy atom. The molecule has 0 saturated heterocycles. The van der Waals surface area contributed by atoms with E-state index in [0.717, 1.165) is 34.8 Å². The molecule has 7 nitrogen and oxygen atoms in total. The summed E-state index contributed by atoms with van der Waals surface area (Å²) in [6.45, 7) is 6.46. The van der Waals surface area contributed by atoms with Crippen LogP contribution in [0.3, 0.4) is 0 Å². The van der Waals surface area contributed by atoms with Crippen molar-refractivity contribution in [2.75, 3.05) is 26.0 Å². The maximum Gasteiger partial charge on any atom is 0.305 e. The van der Waals surface area contributed by atoms with E-state index in [2.05, 4.69) is 25.2 Å². The number of carboxylic acids is 1. The summed E-state index contributed by atoms with van der Waals surface area (Å²) in [5.74, 6) is 1.33. The molecule has 186 valence electrons. The maximum atomic E-state index is 12.8. The van der Waals surface area contributed by atoms with Gasteiger partial charge in [0.15, 0.2) is 0 Å². The number of hydrogen-bond donors (Lipinski definition) is 2. The summed E-state index contributed by atoms with van der Waals surface area (Å²) in [4.78, 5) is 25.1. The number of nitrogens with one attached hydrogen (secondary N) is 1. The van der Waals surface area contributed by atoms with Crippen molar-refractivity contribution < 1.29 is 23.8 Å². The lowest BCUT2D eigenvalue weighted by molar-refractivity contribution is -0.137. The van der Waals surface area contributed by atoms with Crippen molar-refractivity contribution in [2.24, 2.45) is 5.92 Å². The van der Waals surface area contributed by atoms with E-state index in [-0.39, 0.29) is 24.9 Å². The molecule has 0 fully saturated rings. The van der Waals surface area contributed by atoms with Gasteiger partial charge in [0.2, 0.25) is 0 Å². The number of carboxylic acid groups (broad SMARTS) is 1. The third kappa shape index (κ3) is 6.66. The molecule has 0 saturated carbocycles. The molecule has 1 aromatic heterocycles. The van der Waals surface area contributed by atoms with Gasteiger partial charge in [0.25, 0.3) is 5.91 Å². The number of ether oxygens (including phenoxy) is 1. The molecule has 0 radical (unpaired) electrons. The molecule has 0 aliphatic carbocycles. The topological polar surface area (TPSA) is 92.0 Å². The number of benzene rings is 2. The van der Waals surface area contributed by atoms with E-state index >= 15 is 0 Å². The molecule has 1 heterocycles. The first-order valence-corrected chi connectivity index (χ1v) is 11.8. The summed E-state index contributed by atoms with van der Waals surface area (Å²) >= 11 is 0. The predicted octanol–water partition coefficient (Wildman–Crippen LogP) is 6.01. The third-order valence-electron chi connectivity index (χ3n) is 5.88. The number of hydrogen-bond acceptors (Lipinski definition) is 5. The number of rotatable bonds is 11. The van der Waals surface area contributed by atoms with E-state index in [4.69, 9.17) is 14.3 Å². The van der Waals surface area contributed by atoms with Gasteiger partial charge in [-0.2, -0.15) is 0 Å². The van der Waals surface area contributed by atoms with Crippen LogP contribution < -0.4 is 10.1 Å². The van der Waals surface area contributed by atoms with Crippen LogP contribution in [0.2, 0.25) is 0 Å². The fourth-order valence-electron chi connectivity index (χ4n) is 4.05. The highest BCUT2D eigenvalue weighted by Gasteiger charge is 2.22. The zero-order valence-corrected chi connectivity index (χ0v) is 21.0. The van der Waals surface area contributed by atoms with Crippen LogP contribution in [0.5, 0.6) is 5.75 Å². The molecule has 0 aliphatic rings. The highest BCUT2D eigenvalue weighted by atomic mass is 16.5. The van der Waals surface area contributed by atoms with E-state index in [1.807, 2.05) is 43.3 Å². The van der Waals surface area contributed by atoms with Crippen LogP contribution in [0, 0.1) is 12.8 Å². The van der Waals surface area contributed by atoms with Crippen molar-refractivity contribution in [1.29, 1.82) is 0 Å². The van der Waals surface area contributed by atoms with Gasteiger partial charge in [-0.05, 0) is 37.5 Å². The Hall–Kier alpha value is -3.74. The zero-order chi connectivity index (χ0) is 25.5. The number of anilines is 1. The Bertz CT molecular complexity index is 1150. The number of carbonyl (C=O) groups is 2. The SMILES string of the molecule is COc1cc(NC(CC(C)C)c2cc(-c3ccccc3)oc2C)ccc1C(=O)N(C)CCC(=O)O. The van der Waals surface area contributed by atoms with E-state index in [0.29, 0.717) is 17.2 Å². The maximum absolute atomic E-state index is 12.8. The Kier molecular flexibility index (Phi) is 8.58. The van der Waals surface area contributed by atoms with Gasteiger partial charge >= 0.3 is 5.97 Å². The molecule has 0 aliphatic heterocycles. The molecule has 1 atom stereocenters. The van der Waals surface area contributed by atoms with Gasteiger partial charge in [-0.15, -0.1) is 0 Å². The minimum Gasteiger partial charge on any atom is -0.496 e. The fourth-order valence-corrected chi connectivity index (χ4v) is 4.05. The van der Waals surface area contributed by atoms with Gasteiger partial charge in [-0.25, -0.2) is 0 Å². The molecular weight excluding hydrogens is 444 g/mol. The minimum absolute atomic E-state index is 0.000658. The fraction of sp³-hybridized carbons (Fsp3) is 0.357. The summed E-state index contributed by atoms with van der Waals surface area (Å²) in [7, 11) is 3.10. The molecule has 3 rings (SSSR count). The summed E-state index contributed by atoms with van der Waals surface area (Å²) in [5.41, 5.74) is 3.32. The highest BCUT2D eigenvalue weighted by molar-refractivity contribution is 5.97. The van der Waals surface area contributed by atoms with Crippen molar-refractivity contribution in [2.45, 2.75) is 39.7 Å². The van der Waals surface area contributed by atoms with Gasteiger partial charge in [-0.1, -0.05) is 44.2 Å². The molecule has 1 amide bonds. The van der Waals surface area contributed by atoms with Crippen LogP contribution in [0.4, 0.5) is 5.69 Å². The second kappa shape index (κ2) is 11.6. The number of aliphatic carboxylic acids is 1. The van der Waals surface area contributed by atoms with Crippen molar-refractivity contribution in [3.63, 3.8) is 0 Å². The average molecular weight is 479 g/mol. The Labute approximate surface area is 206 Å². The smallest absolute Gasteiger partial charge is 0.305 e. The van der Waals surface area contributed by atoms with Crippen LogP contribution in [-0.2, 0) is 4.79 Å². The Morgan fingerprint density at radius 2 is 1.83 bits per heavy atom. The highest BCUT2D eigenvalue weighted by Crippen LogP contribution is 2.35. The molecule has 2 aromatic carbocycles. The summed E-state index contributed by atoms with van der Waals surface area (Å²) < 4.78 is 11.6. The van der Waals surface area contributed by atoms with Crippen LogP contribution >= 0.6 is 0 Å². The van der Waals surface area contributed by atoms with Crippen LogP contribution in [0.15, 0.2) is 59.0 Å². The monoisotopic (exact) mass is 478 g/mol. The number of methoxy groups -OCH3 is 1. The second-order valence-electron chi connectivity index (χ2n) is 9.10. The van der Waals surface area contributed by atoms with E-state index in [1.54, 1.807) is 19.2 Å². The molecule has 1 unspecified atom stereocenters. The quantitative estimate of drug-likeness (QED) is 0.351. The molecule has 35 heavy (non-hydrogen) atoms. The molecule has 3 aromatic rings. The standard InChI is InChI=1S/C28H34N2O5/c1-18(2)15-24(23-17-25(35-19(23)3)20-9-7-6-8-10-20)29-21-11-12-22(26(16-21)34-5)28(33)30(4)14-13-27(31)32/h6-12,16-18,24,29H,13-15H2,1-5H3,(H,31,32). The van der Waals surface area contributed by atoms with Gasteiger partial charge < -0.3 is 24.5 Å². The second-order valence-corrected chi connectivity index (χ2v) is 9.10. The molecule has 2 N–H and O–H groups in total. The Balaban J connectivity index is 1.86. The average Bonchev–Trinajstić information content (AvgIpc) is 3.23. The van der Waals surface area contributed by atoms with Crippen molar-refractivity contribution in [3.8, 4) is 17.1 Å². The van der Waals surface area contributed by atoms with Crippen molar-refractivity contribution in [1.82, 2.24) is 4.90 Å². The summed E-state index contributed by atoms with van der Waals surface area (Å²) in [6, 6.07) is 17.5. The zero-order valence-electron chi connectivity index (χ0n) is 21.0. The molecule has 0 spiro atoms. The third-order valence-corrected chi connectivity index (χ3v) is 5.88. The van der Waals surface area contributed by atoms with Crippen LogP contribution in [-0.4, -0.2) is 42.6 Å². The predicted molar refractivity (Wildman–Crippen MR) is 137 cm³/mol. The van der Waals surface area contributed by atoms with Gasteiger partial charge in [0.05, 0.1) is 25.1 Å². The first-order chi connectivity index (χ1) is 16.7. The summed E-state index contributed by atoms with van der Waals surface area (Å²) in [5, 5.41) is 12.5. The number of aryl methyl sites for hydroxylation is 1. The van der Waals surface area contributed by atoms with E-state index in [9.17, 15) is 9.59 Å². The van der Waals surface area contributed by atoms with Crippen molar-refractivity contribution in [3.05, 3.63) is 71.5 Å². The van der Waals surface area contributed by atoms with Crippen molar-refractivity contribution >= 4 is 17.6 Å². The van der Waals surface area contributed by atoms with Crippen LogP contribution in [0.1, 0.15) is 54.4 Å². The van der Waals surface area contributed by atoms with Crippen LogP contribution in [0.25, 0.3) is 11.3 Å². The van der Waals surface area contributed by atoms with Gasteiger partial charge in [-0.3, -0.25) is 9.59 Å². The molecular formula is C28H34N2O5. The number of nitrogens with zero attached hydrogens (tertiary/aromatic N) is 1. The lowest BCUT2D eigenvalue weighted by Crippen LogP contribution is -2.29. The van der Waals surface area contributed by atoms with Gasteiger partial charge in [0.1, 0.15) is 17.3 Å². The van der Waals surface area contributed by atoms with E-state index < -0.39 is 5.97 Å². The first-order valence-electron chi connectivity index (χ1n) is 11.8. The first kappa shape index (κ1) is 25.9. The Morgan fingerprint density at radius 1 is 1.11 bits per heavy atom. The van der Waals surface area contributed by atoms with Gasteiger partial charge in [0, 0.05) is 36.5 Å². The minimum atomic E-state index is -0.947. The number of furan rings is 1. The lowest BCUT2D eigenvalue weighted by atomic mass is 9.96. The largest absolute Gasteiger partial charge is 0.496 e. The summed E-state index contributed by atoms with van der Waals surface area (Å²) in [6.07, 6.45) is 0.769. The molecule has 7 heteroatoms. The number of amides is 1. The number of carbonyl (C=O) groups excluding carboxylic acids is 1. The van der Waals surface area contributed by atoms with E-state index in [1.165, 1.54) is 12.0 Å². The normalized spacial score (nSPS) is 11.8. The lowest BCUT2D eigenvalue weighted by Gasteiger charge is -2.23. The molecule has 0 bridgehead atoms.